The van der Waals surface area contributed by atoms with Crippen LogP contribution >= 0.6 is 0 Å². The zero-order valence-electron chi connectivity index (χ0n) is 12.4. The molecule has 1 aromatic rings. The molecule has 0 spiro atoms. The Hall–Kier alpha value is -2.08. The van der Waals surface area contributed by atoms with Crippen molar-refractivity contribution in [3.05, 3.63) is 57.5 Å². The highest BCUT2D eigenvalue weighted by Gasteiger charge is 2.48. The molecule has 22 heavy (non-hydrogen) atoms. The Morgan fingerprint density at radius 3 is 2.82 bits per heavy atom. The maximum atomic E-state index is 11.6. The van der Waals surface area contributed by atoms with Crippen LogP contribution in [0.5, 0.6) is 0 Å². The zero-order chi connectivity index (χ0) is 15.1. The quantitative estimate of drug-likeness (QED) is 0.632. The fraction of sp³-hybridized carbons (Fsp3) is 0.500. The molecule has 116 valence electrons. The Bertz CT molecular complexity index is 616. The Balaban J connectivity index is 1.71. The molecule has 3 heterocycles. The van der Waals surface area contributed by atoms with Gasteiger partial charge < -0.3 is 14.5 Å². The number of fused-ring (bicyclic) bond motifs is 4. The van der Waals surface area contributed by atoms with Gasteiger partial charge in [0.1, 0.15) is 6.23 Å². The average Bonchev–Trinajstić information content (AvgIpc) is 2.92. The summed E-state index contributed by atoms with van der Waals surface area (Å²) in [5.74, 6) is 0.787. The van der Waals surface area contributed by atoms with Crippen LogP contribution in [0.1, 0.15) is 24.8 Å². The summed E-state index contributed by atoms with van der Waals surface area (Å²) in [6.07, 6.45) is 2.37. The van der Waals surface area contributed by atoms with E-state index in [1.54, 1.807) is 0 Å². The lowest BCUT2D eigenvalue weighted by atomic mass is 10.0. The number of hydrogen-bond acceptors (Lipinski definition) is 5. The van der Waals surface area contributed by atoms with E-state index in [0.717, 1.165) is 38.2 Å². The Morgan fingerprint density at radius 1 is 1.23 bits per heavy atom. The van der Waals surface area contributed by atoms with Crippen molar-refractivity contribution in [2.75, 3.05) is 13.1 Å². The molecule has 0 aliphatic carbocycles. The molecular formula is C16H19N3O3. The van der Waals surface area contributed by atoms with Gasteiger partial charge in [-0.1, -0.05) is 30.3 Å². The second kappa shape index (κ2) is 5.28. The van der Waals surface area contributed by atoms with Gasteiger partial charge in [-0.25, -0.2) is 0 Å². The van der Waals surface area contributed by atoms with Gasteiger partial charge in [-0.05, 0) is 24.8 Å². The Labute approximate surface area is 129 Å². The predicted molar refractivity (Wildman–Crippen MR) is 80.1 cm³/mol. The van der Waals surface area contributed by atoms with Gasteiger partial charge in [-0.15, -0.1) is 0 Å². The van der Waals surface area contributed by atoms with E-state index >= 15 is 0 Å². The number of rotatable bonds is 3. The topological polar surface area (TPSA) is 58.9 Å². The minimum atomic E-state index is -0.351. The van der Waals surface area contributed by atoms with Crippen molar-refractivity contribution in [1.29, 1.82) is 0 Å². The molecule has 6 heteroatoms. The third-order valence-corrected chi connectivity index (χ3v) is 4.72. The third-order valence-electron chi connectivity index (χ3n) is 4.72. The number of nitrogens with zero attached hydrogens (tertiary/aromatic N) is 3. The molecular weight excluding hydrogens is 282 g/mol. The summed E-state index contributed by atoms with van der Waals surface area (Å²) in [5.41, 5.74) is 1.43. The first kappa shape index (κ1) is 13.6. The van der Waals surface area contributed by atoms with Crippen molar-refractivity contribution in [2.45, 2.75) is 38.1 Å². The second-order valence-corrected chi connectivity index (χ2v) is 6.08. The van der Waals surface area contributed by atoms with Gasteiger partial charge in [0.25, 0.3) is 0 Å². The molecule has 2 atom stereocenters. The van der Waals surface area contributed by atoms with E-state index < -0.39 is 0 Å². The SMILES string of the molecule is O=[N+]([O-])C1=C2N(Cc3ccccc3)CCN2C2CCCC1O2. The smallest absolute Gasteiger partial charge is 0.314 e. The monoisotopic (exact) mass is 301 g/mol. The molecule has 2 saturated heterocycles. The van der Waals surface area contributed by atoms with Crippen molar-refractivity contribution in [3.63, 3.8) is 0 Å². The molecule has 0 N–H and O–H groups in total. The summed E-state index contributed by atoms with van der Waals surface area (Å²) < 4.78 is 5.91. The summed E-state index contributed by atoms with van der Waals surface area (Å²) in [7, 11) is 0. The van der Waals surface area contributed by atoms with Crippen LogP contribution in [0.2, 0.25) is 0 Å². The molecule has 3 aliphatic rings. The maximum absolute atomic E-state index is 11.6. The van der Waals surface area contributed by atoms with Crippen molar-refractivity contribution >= 4 is 0 Å². The fourth-order valence-electron chi connectivity index (χ4n) is 3.75. The molecule has 1 aromatic carbocycles. The molecule has 2 unspecified atom stereocenters. The fourth-order valence-corrected chi connectivity index (χ4v) is 3.75. The predicted octanol–water partition coefficient (Wildman–Crippen LogP) is 2.16. The Kier molecular flexibility index (Phi) is 3.26. The zero-order valence-corrected chi connectivity index (χ0v) is 12.4. The number of benzene rings is 1. The molecule has 6 nitrogen and oxygen atoms in total. The maximum Gasteiger partial charge on any atom is 0.314 e. The van der Waals surface area contributed by atoms with Crippen LogP contribution in [0, 0.1) is 10.1 Å². The van der Waals surface area contributed by atoms with Gasteiger partial charge in [0, 0.05) is 19.6 Å². The molecule has 0 aromatic heterocycles. The van der Waals surface area contributed by atoms with Gasteiger partial charge >= 0.3 is 5.70 Å². The highest BCUT2D eigenvalue weighted by atomic mass is 16.6. The molecule has 0 radical (unpaired) electrons. The molecule has 2 bridgehead atoms. The van der Waals surface area contributed by atoms with Crippen LogP contribution in [-0.4, -0.2) is 40.1 Å². The van der Waals surface area contributed by atoms with Gasteiger partial charge in [-0.2, -0.15) is 0 Å². The molecule has 2 fully saturated rings. The molecule has 3 aliphatic heterocycles. The van der Waals surface area contributed by atoms with Crippen LogP contribution in [0.4, 0.5) is 0 Å². The van der Waals surface area contributed by atoms with E-state index in [2.05, 4.69) is 21.9 Å². The van der Waals surface area contributed by atoms with Crippen LogP contribution < -0.4 is 0 Å². The summed E-state index contributed by atoms with van der Waals surface area (Å²) in [4.78, 5) is 15.6. The lowest BCUT2D eigenvalue weighted by Gasteiger charge is -2.41. The summed E-state index contributed by atoms with van der Waals surface area (Å²) in [6, 6.07) is 10.1. The van der Waals surface area contributed by atoms with Gasteiger partial charge in [-0.3, -0.25) is 10.1 Å². The average molecular weight is 301 g/mol. The van der Waals surface area contributed by atoms with Crippen LogP contribution in [0.3, 0.4) is 0 Å². The van der Waals surface area contributed by atoms with E-state index in [1.807, 2.05) is 18.2 Å². The summed E-state index contributed by atoms with van der Waals surface area (Å²) in [6.45, 7) is 2.33. The van der Waals surface area contributed by atoms with Crippen LogP contribution in [0.15, 0.2) is 41.8 Å². The van der Waals surface area contributed by atoms with Crippen molar-refractivity contribution in [3.8, 4) is 0 Å². The van der Waals surface area contributed by atoms with E-state index in [-0.39, 0.29) is 23.0 Å². The molecule has 0 amide bonds. The molecule has 0 saturated carbocycles. The van der Waals surface area contributed by atoms with Crippen LogP contribution in [-0.2, 0) is 11.3 Å². The first-order valence-electron chi connectivity index (χ1n) is 7.83. The minimum Gasteiger partial charge on any atom is -0.347 e. The number of hydrogen-bond donors (Lipinski definition) is 0. The standard InChI is InChI=1S/C16H19N3O3/c20-19(21)15-13-7-4-8-14(22-13)18-10-9-17(16(15)18)11-12-5-2-1-3-6-12/h1-3,5-6,13-14H,4,7-11H2. The highest BCUT2D eigenvalue weighted by Crippen LogP contribution is 2.39. The van der Waals surface area contributed by atoms with Crippen molar-refractivity contribution < 1.29 is 9.66 Å². The largest absolute Gasteiger partial charge is 0.347 e. The molecule has 4 rings (SSSR count). The van der Waals surface area contributed by atoms with Crippen molar-refractivity contribution in [2.24, 2.45) is 0 Å². The van der Waals surface area contributed by atoms with Gasteiger partial charge in [0.2, 0.25) is 0 Å². The van der Waals surface area contributed by atoms with Gasteiger partial charge in [0.15, 0.2) is 11.9 Å². The van der Waals surface area contributed by atoms with E-state index in [0.29, 0.717) is 6.54 Å². The van der Waals surface area contributed by atoms with Crippen molar-refractivity contribution in [1.82, 2.24) is 9.80 Å². The lowest BCUT2D eigenvalue weighted by molar-refractivity contribution is -0.448. The van der Waals surface area contributed by atoms with E-state index in [9.17, 15) is 10.1 Å². The normalized spacial score (nSPS) is 27.1. The van der Waals surface area contributed by atoms with E-state index in [4.69, 9.17) is 4.74 Å². The number of nitro groups is 1. The number of ether oxygens (including phenoxy) is 1. The summed E-state index contributed by atoms with van der Waals surface area (Å²) >= 11 is 0. The summed E-state index contributed by atoms with van der Waals surface area (Å²) in [5, 5.41) is 11.6. The van der Waals surface area contributed by atoms with Gasteiger partial charge in [0.05, 0.1) is 4.92 Å². The lowest BCUT2D eigenvalue weighted by Crippen LogP contribution is -2.48. The Morgan fingerprint density at radius 2 is 2.05 bits per heavy atom. The first-order valence-corrected chi connectivity index (χ1v) is 7.83. The first-order chi connectivity index (χ1) is 10.7. The minimum absolute atomic E-state index is 0.0122. The van der Waals surface area contributed by atoms with Crippen LogP contribution in [0.25, 0.3) is 0 Å². The second-order valence-electron chi connectivity index (χ2n) is 6.08. The third kappa shape index (κ3) is 2.14. The van der Waals surface area contributed by atoms with E-state index in [1.165, 1.54) is 5.56 Å². The highest BCUT2D eigenvalue weighted by molar-refractivity contribution is 5.22.